The van der Waals surface area contributed by atoms with Crippen molar-refractivity contribution in [3.8, 4) is 5.75 Å². The average molecular weight is 482 g/mol. The molecule has 2 N–H and O–H groups in total. The van der Waals surface area contributed by atoms with Crippen molar-refractivity contribution in [2.75, 3.05) is 6.54 Å². The fraction of sp³-hybridized carbons (Fsp3) is 0.0870. The van der Waals surface area contributed by atoms with Crippen molar-refractivity contribution in [3.63, 3.8) is 0 Å². The normalized spacial score (nSPS) is 11.0. The molecule has 0 saturated carbocycles. The summed E-state index contributed by atoms with van der Waals surface area (Å²) < 4.78 is 11.8. The molecule has 2 amide bonds. The fourth-order valence-electron chi connectivity index (χ4n) is 2.47. The molecule has 0 radical (unpaired) electrons. The minimum absolute atomic E-state index is 0.214. The van der Waals surface area contributed by atoms with Crippen LogP contribution in [0.15, 0.2) is 87.0 Å². The Hall–Kier alpha value is -3.65. The first kappa shape index (κ1) is 22.0. The van der Waals surface area contributed by atoms with Gasteiger partial charge in [0.1, 0.15) is 18.1 Å². The Morgan fingerprint density at radius 3 is 2.71 bits per heavy atom. The van der Waals surface area contributed by atoms with E-state index in [4.69, 9.17) is 9.15 Å². The van der Waals surface area contributed by atoms with Gasteiger partial charge in [-0.1, -0.05) is 46.3 Å². The van der Waals surface area contributed by atoms with Crippen LogP contribution in [0.25, 0.3) is 6.08 Å². The van der Waals surface area contributed by atoms with E-state index in [-0.39, 0.29) is 6.54 Å². The fourth-order valence-corrected chi connectivity index (χ4v) is 2.85. The smallest absolute Gasteiger partial charge is 0.259 e. The number of nitrogens with one attached hydrogen (secondary N) is 2. The van der Waals surface area contributed by atoms with Crippen LogP contribution in [-0.2, 0) is 16.2 Å². The van der Waals surface area contributed by atoms with Crippen LogP contribution in [0.2, 0.25) is 0 Å². The Labute approximate surface area is 187 Å². The first-order valence-corrected chi connectivity index (χ1v) is 10.2. The molecular weight excluding hydrogens is 462 g/mol. The molecule has 2 aromatic carbocycles. The number of carbonyl (C=O) groups excluding carboxylic acids is 2. The number of hydrogen-bond acceptors (Lipinski definition) is 5. The standard InChI is InChI=1S/C23H20BrN3O4/c24-19-8-10-21(31-16-17-5-2-1-3-6-17)18(13-19)14-26-27-23(29)15-25-22(28)11-9-20-7-4-12-30-20/h1-14H,15-16H2,(H,25,28)(H,27,29). The summed E-state index contributed by atoms with van der Waals surface area (Å²) in [6.45, 7) is 0.196. The minimum Gasteiger partial charge on any atom is -0.488 e. The van der Waals surface area contributed by atoms with Crippen molar-refractivity contribution in [2.24, 2.45) is 5.10 Å². The largest absolute Gasteiger partial charge is 0.488 e. The molecule has 0 fully saturated rings. The van der Waals surface area contributed by atoms with Crippen molar-refractivity contribution in [1.82, 2.24) is 10.7 Å². The third-order valence-electron chi connectivity index (χ3n) is 3.97. The van der Waals surface area contributed by atoms with Gasteiger partial charge in [0.05, 0.1) is 19.0 Å². The zero-order valence-electron chi connectivity index (χ0n) is 16.5. The van der Waals surface area contributed by atoms with Gasteiger partial charge in [0.25, 0.3) is 5.91 Å². The minimum atomic E-state index is -0.460. The molecule has 0 atom stereocenters. The van der Waals surface area contributed by atoms with E-state index in [1.54, 1.807) is 12.1 Å². The predicted octanol–water partition coefficient (Wildman–Crippen LogP) is 3.90. The van der Waals surface area contributed by atoms with Crippen LogP contribution in [-0.4, -0.2) is 24.6 Å². The number of furan rings is 1. The van der Waals surface area contributed by atoms with Crippen LogP contribution in [0.1, 0.15) is 16.9 Å². The molecule has 31 heavy (non-hydrogen) atoms. The van der Waals surface area contributed by atoms with E-state index in [1.807, 2.05) is 48.5 Å². The third-order valence-corrected chi connectivity index (χ3v) is 4.46. The molecule has 3 rings (SSSR count). The van der Waals surface area contributed by atoms with E-state index in [0.29, 0.717) is 23.7 Å². The van der Waals surface area contributed by atoms with Gasteiger partial charge >= 0.3 is 0 Å². The van der Waals surface area contributed by atoms with E-state index in [0.717, 1.165) is 10.0 Å². The van der Waals surface area contributed by atoms with E-state index in [1.165, 1.54) is 24.6 Å². The van der Waals surface area contributed by atoms with Crippen LogP contribution in [0, 0.1) is 0 Å². The molecule has 0 aliphatic carbocycles. The second kappa shape index (κ2) is 11.5. The molecule has 0 spiro atoms. The predicted molar refractivity (Wildman–Crippen MR) is 121 cm³/mol. The van der Waals surface area contributed by atoms with E-state index >= 15 is 0 Å². The number of hydrazone groups is 1. The lowest BCUT2D eigenvalue weighted by Gasteiger charge is -2.09. The van der Waals surface area contributed by atoms with Gasteiger partial charge in [0, 0.05) is 16.1 Å². The lowest BCUT2D eigenvalue weighted by Crippen LogP contribution is -2.34. The van der Waals surface area contributed by atoms with Crippen molar-refractivity contribution in [3.05, 3.63) is 94.4 Å². The van der Waals surface area contributed by atoms with Crippen LogP contribution in [0.3, 0.4) is 0 Å². The van der Waals surface area contributed by atoms with Crippen molar-refractivity contribution in [2.45, 2.75) is 6.61 Å². The average Bonchev–Trinajstić information content (AvgIpc) is 3.30. The highest BCUT2D eigenvalue weighted by atomic mass is 79.9. The molecule has 0 aliphatic rings. The van der Waals surface area contributed by atoms with Gasteiger partial charge in [-0.05, 0) is 42.0 Å². The highest BCUT2D eigenvalue weighted by Gasteiger charge is 2.05. The molecule has 7 nitrogen and oxygen atoms in total. The van der Waals surface area contributed by atoms with E-state index < -0.39 is 11.8 Å². The van der Waals surface area contributed by atoms with Gasteiger partial charge in [-0.25, -0.2) is 5.43 Å². The van der Waals surface area contributed by atoms with Crippen LogP contribution in [0.5, 0.6) is 5.75 Å². The summed E-state index contributed by atoms with van der Waals surface area (Å²) >= 11 is 3.42. The van der Waals surface area contributed by atoms with Crippen molar-refractivity contribution < 1.29 is 18.7 Å². The Morgan fingerprint density at radius 1 is 1.10 bits per heavy atom. The highest BCUT2D eigenvalue weighted by Crippen LogP contribution is 2.22. The zero-order chi connectivity index (χ0) is 21.9. The van der Waals surface area contributed by atoms with Crippen molar-refractivity contribution >= 4 is 40.0 Å². The topological polar surface area (TPSA) is 92.9 Å². The summed E-state index contributed by atoms with van der Waals surface area (Å²) in [5, 5.41) is 6.42. The van der Waals surface area contributed by atoms with Crippen LogP contribution in [0.4, 0.5) is 0 Å². The molecule has 0 bridgehead atoms. The van der Waals surface area contributed by atoms with Gasteiger partial charge < -0.3 is 14.5 Å². The zero-order valence-corrected chi connectivity index (χ0v) is 18.0. The maximum absolute atomic E-state index is 11.9. The molecule has 158 valence electrons. The number of hydrogen-bond donors (Lipinski definition) is 2. The lowest BCUT2D eigenvalue weighted by molar-refractivity contribution is -0.123. The van der Waals surface area contributed by atoms with Gasteiger partial charge in [0.15, 0.2) is 0 Å². The van der Waals surface area contributed by atoms with Gasteiger partial charge in [0.2, 0.25) is 5.91 Å². The Morgan fingerprint density at radius 2 is 1.94 bits per heavy atom. The molecule has 0 unspecified atom stereocenters. The molecule has 0 aliphatic heterocycles. The monoisotopic (exact) mass is 481 g/mol. The molecule has 1 heterocycles. The third kappa shape index (κ3) is 7.60. The summed E-state index contributed by atoms with van der Waals surface area (Å²) in [4.78, 5) is 23.6. The summed E-state index contributed by atoms with van der Waals surface area (Å²) in [5.74, 6) is 0.293. The quantitative estimate of drug-likeness (QED) is 0.275. The number of ether oxygens (including phenoxy) is 1. The maximum atomic E-state index is 11.9. The molecule has 0 saturated heterocycles. The van der Waals surface area contributed by atoms with Gasteiger partial charge in [-0.15, -0.1) is 0 Å². The van der Waals surface area contributed by atoms with Crippen LogP contribution >= 0.6 is 15.9 Å². The Bertz CT molecular complexity index is 1060. The first-order chi connectivity index (χ1) is 15.1. The Kier molecular flexibility index (Phi) is 8.19. The lowest BCUT2D eigenvalue weighted by atomic mass is 10.2. The maximum Gasteiger partial charge on any atom is 0.259 e. The van der Waals surface area contributed by atoms with Crippen LogP contribution < -0.4 is 15.5 Å². The van der Waals surface area contributed by atoms with Crippen molar-refractivity contribution in [1.29, 1.82) is 0 Å². The number of benzene rings is 2. The summed E-state index contributed by atoms with van der Waals surface area (Å²) in [6, 6.07) is 18.7. The second-order valence-corrected chi connectivity index (χ2v) is 7.23. The molecule has 8 heteroatoms. The van der Waals surface area contributed by atoms with E-state index in [2.05, 4.69) is 31.8 Å². The molecular formula is C23H20BrN3O4. The highest BCUT2D eigenvalue weighted by molar-refractivity contribution is 9.10. The van der Waals surface area contributed by atoms with Gasteiger partial charge in [-0.3, -0.25) is 9.59 Å². The summed E-state index contributed by atoms with van der Waals surface area (Å²) in [7, 11) is 0. The number of rotatable bonds is 9. The Balaban J connectivity index is 1.49. The molecule has 3 aromatic rings. The number of nitrogens with zero attached hydrogens (tertiary/aromatic N) is 1. The first-order valence-electron chi connectivity index (χ1n) is 9.38. The van der Waals surface area contributed by atoms with Gasteiger partial charge in [-0.2, -0.15) is 5.10 Å². The number of amides is 2. The summed E-state index contributed by atoms with van der Waals surface area (Å²) in [5.41, 5.74) is 4.11. The number of carbonyl (C=O) groups is 2. The van der Waals surface area contributed by atoms with E-state index in [9.17, 15) is 9.59 Å². The molecule has 1 aromatic heterocycles. The number of halogens is 1. The summed E-state index contributed by atoms with van der Waals surface area (Å²) in [6.07, 6.45) is 5.79. The second-order valence-electron chi connectivity index (χ2n) is 6.32. The SMILES string of the molecule is O=C(C=Cc1ccco1)NCC(=O)NN=Cc1cc(Br)ccc1OCc1ccccc1.